The molecule has 26 heavy (non-hydrogen) atoms. The Kier molecular flexibility index (Phi) is 6.15. The lowest BCUT2D eigenvalue weighted by atomic mass is 10.1. The van der Waals surface area contributed by atoms with E-state index in [-0.39, 0.29) is 12.1 Å². The highest BCUT2D eigenvalue weighted by atomic mass is 32.2. The lowest BCUT2D eigenvalue weighted by Gasteiger charge is -2.18. The molecule has 0 saturated heterocycles. The summed E-state index contributed by atoms with van der Waals surface area (Å²) in [6, 6.07) is 13.4. The zero-order valence-electron chi connectivity index (χ0n) is 13.7. The molecule has 0 aliphatic carbocycles. The number of urea groups is 1. The second-order valence-corrected chi connectivity index (χ2v) is 6.76. The van der Waals surface area contributed by atoms with E-state index in [1.807, 2.05) is 30.3 Å². The standard InChI is InChI=1S/C16H19N5O4S/c17-16(23)20-14(9-11-5-2-1-3-6-11)15(22)19-12-7-4-8-13(10-12)21-26(18,24)25/h1-8,10,14,21H,9H2,(H,19,22)(H3,17,20,23)(H2,18,24,25). The molecule has 0 aliphatic heterocycles. The molecule has 138 valence electrons. The van der Waals surface area contributed by atoms with Crippen LogP contribution in [-0.4, -0.2) is 26.4 Å². The van der Waals surface area contributed by atoms with Crippen molar-refractivity contribution in [2.45, 2.75) is 12.5 Å². The van der Waals surface area contributed by atoms with E-state index in [1.54, 1.807) is 6.07 Å². The summed E-state index contributed by atoms with van der Waals surface area (Å²) in [5.41, 5.74) is 6.50. The van der Waals surface area contributed by atoms with Crippen LogP contribution in [0.3, 0.4) is 0 Å². The normalized spacial score (nSPS) is 12.0. The molecule has 0 spiro atoms. The molecule has 10 heteroatoms. The van der Waals surface area contributed by atoms with Crippen LogP contribution in [0.5, 0.6) is 0 Å². The number of rotatable bonds is 7. The van der Waals surface area contributed by atoms with Crippen molar-refractivity contribution < 1.29 is 18.0 Å². The summed E-state index contributed by atoms with van der Waals surface area (Å²) < 4.78 is 24.3. The maximum absolute atomic E-state index is 12.5. The second-order valence-electron chi connectivity index (χ2n) is 5.47. The first-order valence-corrected chi connectivity index (χ1v) is 9.09. The molecule has 0 saturated carbocycles. The Morgan fingerprint density at radius 2 is 1.65 bits per heavy atom. The van der Waals surface area contributed by atoms with Gasteiger partial charge in [-0.15, -0.1) is 0 Å². The van der Waals surface area contributed by atoms with Crippen LogP contribution in [0.25, 0.3) is 0 Å². The molecule has 0 fully saturated rings. The van der Waals surface area contributed by atoms with Crippen molar-refractivity contribution in [1.29, 1.82) is 0 Å². The van der Waals surface area contributed by atoms with E-state index in [4.69, 9.17) is 10.9 Å². The largest absolute Gasteiger partial charge is 0.352 e. The minimum atomic E-state index is -3.93. The van der Waals surface area contributed by atoms with E-state index < -0.39 is 28.2 Å². The number of carbonyl (C=O) groups excluding carboxylic acids is 2. The van der Waals surface area contributed by atoms with E-state index in [2.05, 4.69) is 15.4 Å². The first-order chi connectivity index (χ1) is 12.2. The maximum Gasteiger partial charge on any atom is 0.312 e. The van der Waals surface area contributed by atoms with Gasteiger partial charge in [0.15, 0.2) is 0 Å². The number of hydrogen-bond donors (Lipinski definition) is 5. The Morgan fingerprint density at radius 1 is 1.00 bits per heavy atom. The molecule has 2 rings (SSSR count). The predicted octanol–water partition coefficient (Wildman–Crippen LogP) is 0.520. The molecule has 0 aliphatic rings. The number of hydrogen-bond acceptors (Lipinski definition) is 4. The molecular formula is C16H19N5O4S. The SMILES string of the molecule is NC(=O)NC(Cc1ccccc1)C(=O)Nc1cccc(NS(N)(=O)=O)c1. The van der Waals surface area contributed by atoms with E-state index in [0.29, 0.717) is 5.69 Å². The second kappa shape index (κ2) is 8.32. The number of carbonyl (C=O) groups is 2. The van der Waals surface area contributed by atoms with Crippen LogP contribution < -0.4 is 26.2 Å². The zero-order chi connectivity index (χ0) is 19.2. The van der Waals surface area contributed by atoms with Crippen molar-refractivity contribution in [1.82, 2.24) is 5.32 Å². The van der Waals surface area contributed by atoms with Gasteiger partial charge < -0.3 is 16.4 Å². The number of nitrogens with one attached hydrogen (secondary N) is 3. The van der Waals surface area contributed by atoms with Crippen molar-refractivity contribution >= 4 is 33.5 Å². The van der Waals surface area contributed by atoms with Gasteiger partial charge in [-0.05, 0) is 23.8 Å². The molecule has 0 radical (unpaired) electrons. The van der Waals surface area contributed by atoms with Gasteiger partial charge in [0.1, 0.15) is 6.04 Å². The fraction of sp³-hybridized carbons (Fsp3) is 0.125. The Labute approximate surface area is 150 Å². The molecule has 9 nitrogen and oxygen atoms in total. The lowest BCUT2D eigenvalue weighted by Crippen LogP contribution is -2.47. The quantitative estimate of drug-likeness (QED) is 0.477. The van der Waals surface area contributed by atoms with Gasteiger partial charge in [0.05, 0.1) is 5.69 Å². The minimum Gasteiger partial charge on any atom is -0.352 e. The van der Waals surface area contributed by atoms with Gasteiger partial charge in [0.2, 0.25) is 5.91 Å². The Balaban J connectivity index is 2.13. The molecular weight excluding hydrogens is 358 g/mol. The summed E-state index contributed by atoms with van der Waals surface area (Å²) in [7, 11) is -3.93. The Hall–Kier alpha value is -3.11. The van der Waals surface area contributed by atoms with Crippen LogP contribution >= 0.6 is 0 Å². The van der Waals surface area contributed by atoms with Crippen LogP contribution in [0.4, 0.5) is 16.2 Å². The zero-order valence-corrected chi connectivity index (χ0v) is 14.5. The third-order valence-electron chi connectivity index (χ3n) is 3.31. The highest BCUT2D eigenvalue weighted by Crippen LogP contribution is 2.16. The van der Waals surface area contributed by atoms with Crippen LogP contribution in [0.15, 0.2) is 54.6 Å². The average Bonchev–Trinajstić information content (AvgIpc) is 2.53. The lowest BCUT2D eigenvalue weighted by molar-refractivity contribution is -0.117. The summed E-state index contributed by atoms with van der Waals surface area (Å²) in [4.78, 5) is 23.7. The Morgan fingerprint density at radius 3 is 2.27 bits per heavy atom. The maximum atomic E-state index is 12.5. The van der Waals surface area contributed by atoms with Gasteiger partial charge in [-0.3, -0.25) is 9.52 Å². The third kappa shape index (κ3) is 6.42. The van der Waals surface area contributed by atoms with Crippen LogP contribution in [0.1, 0.15) is 5.56 Å². The van der Waals surface area contributed by atoms with Crippen molar-refractivity contribution in [3.8, 4) is 0 Å². The monoisotopic (exact) mass is 377 g/mol. The molecule has 0 aromatic heterocycles. The highest BCUT2D eigenvalue weighted by Gasteiger charge is 2.20. The summed E-state index contributed by atoms with van der Waals surface area (Å²) in [6.45, 7) is 0. The molecule has 1 atom stereocenters. The van der Waals surface area contributed by atoms with Gasteiger partial charge >= 0.3 is 6.03 Å². The van der Waals surface area contributed by atoms with Gasteiger partial charge in [0.25, 0.3) is 10.2 Å². The van der Waals surface area contributed by atoms with Gasteiger partial charge in [-0.1, -0.05) is 36.4 Å². The van der Waals surface area contributed by atoms with Gasteiger partial charge in [0, 0.05) is 12.1 Å². The van der Waals surface area contributed by atoms with E-state index in [9.17, 15) is 18.0 Å². The first kappa shape index (κ1) is 19.2. The number of anilines is 2. The molecule has 2 aromatic rings. The van der Waals surface area contributed by atoms with E-state index >= 15 is 0 Å². The van der Waals surface area contributed by atoms with Crippen molar-refractivity contribution in [2.24, 2.45) is 10.9 Å². The summed E-state index contributed by atoms with van der Waals surface area (Å²) >= 11 is 0. The number of benzene rings is 2. The van der Waals surface area contributed by atoms with Crippen molar-refractivity contribution in [2.75, 3.05) is 10.0 Å². The van der Waals surface area contributed by atoms with Crippen LogP contribution in [0, 0.1) is 0 Å². The topological polar surface area (TPSA) is 156 Å². The number of nitrogens with two attached hydrogens (primary N) is 2. The average molecular weight is 377 g/mol. The summed E-state index contributed by atoms with van der Waals surface area (Å²) in [6.07, 6.45) is 0.241. The first-order valence-electron chi connectivity index (χ1n) is 7.54. The smallest absolute Gasteiger partial charge is 0.312 e. The summed E-state index contributed by atoms with van der Waals surface area (Å²) in [5, 5.41) is 9.93. The molecule has 2 aromatic carbocycles. The minimum absolute atomic E-state index is 0.188. The highest BCUT2D eigenvalue weighted by molar-refractivity contribution is 7.90. The fourth-order valence-corrected chi connectivity index (χ4v) is 2.74. The molecule has 0 bridgehead atoms. The van der Waals surface area contributed by atoms with E-state index in [0.717, 1.165) is 5.56 Å². The fourth-order valence-electron chi connectivity index (χ4n) is 2.28. The van der Waals surface area contributed by atoms with Crippen molar-refractivity contribution in [3.05, 3.63) is 60.2 Å². The van der Waals surface area contributed by atoms with Gasteiger partial charge in [-0.2, -0.15) is 8.42 Å². The summed E-state index contributed by atoms with van der Waals surface area (Å²) in [5.74, 6) is -0.500. The Bertz CT molecular complexity index is 887. The van der Waals surface area contributed by atoms with E-state index in [1.165, 1.54) is 18.2 Å². The number of amides is 3. The predicted molar refractivity (Wildman–Crippen MR) is 98.5 cm³/mol. The molecule has 7 N–H and O–H groups in total. The van der Waals surface area contributed by atoms with Gasteiger partial charge in [-0.25, -0.2) is 9.93 Å². The third-order valence-corrected chi connectivity index (χ3v) is 3.83. The molecule has 0 heterocycles. The van der Waals surface area contributed by atoms with Crippen molar-refractivity contribution in [3.63, 3.8) is 0 Å². The van der Waals surface area contributed by atoms with Crippen LogP contribution in [-0.2, 0) is 21.4 Å². The molecule has 1 unspecified atom stereocenters. The molecule has 3 amide bonds. The number of primary amides is 1. The van der Waals surface area contributed by atoms with Crippen LogP contribution in [0.2, 0.25) is 0 Å².